The van der Waals surface area contributed by atoms with Crippen molar-refractivity contribution in [1.29, 1.82) is 0 Å². The Bertz CT molecular complexity index is 441. The van der Waals surface area contributed by atoms with Gasteiger partial charge in [-0.25, -0.2) is 4.98 Å². The van der Waals surface area contributed by atoms with Crippen LogP contribution in [0.1, 0.15) is 56.7 Å². The lowest BCUT2D eigenvalue weighted by molar-refractivity contribution is 0.204. The van der Waals surface area contributed by atoms with Crippen LogP contribution in [0.5, 0.6) is 0 Å². The van der Waals surface area contributed by atoms with Crippen molar-refractivity contribution < 1.29 is 0 Å². The van der Waals surface area contributed by atoms with E-state index in [0.717, 1.165) is 18.6 Å². The molecule has 0 bridgehead atoms. The zero-order chi connectivity index (χ0) is 13.4. The van der Waals surface area contributed by atoms with E-state index in [1.165, 1.54) is 63.7 Å². The van der Waals surface area contributed by atoms with Gasteiger partial charge < -0.3 is 9.88 Å². The zero-order valence-corrected chi connectivity index (χ0v) is 12.3. The third-order valence-electron chi connectivity index (χ3n) is 4.98. The van der Waals surface area contributed by atoms with Crippen molar-refractivity contribution in [3.05, 3.63) is 18.2 Å². The second-order valence-corrected chi connectivity index (χ2v) is 6.83. The first-order chi connectivity index (χ1) is 9.90. The summed E-state index contributed by atoms with van der Waals surface area (Å²) < 4.78 is 2.42. The quantitative estimate of drug-likeness (QED) is 0.864. The van der Waals surface area contributed by atoms with Gasteiger partial charge in [0.2, 0.25) is 0 Å². The summed E-state index contributed by atoms with van der Waals surface area (Å²) in [5.41, 5.74) is 1.43. The third-order valence-corrected chi connectivity index (χ3v) is 4.98. The first-order valence-corrected chi connectivity index (χ1v) is 8.38. The zero-order valence-electron chi connectivity index (χ0n) is 12.3. The molecule has 0 amide bonds. The standard InChI is InChI=1S/C16H26N4/c1-2-8-18-13(3-1)10-19(14-4-5-14)11-16-9-17-12-20(16)15-6-7-15/h9,12-15,18H,1-8,10-11H2. The average molecular weight is 274 g/mol. The van der Waals surface area contributed by atoms with Gasteiger partial charge in [-0.2, -0.15) is 0 Å². The van der Waals surface area contributed by atoms with Crippen LogP contribution in [0.2, 0.25) is 0 Å². The van der Waals surface area contributed by atoms with Gasteiger partial charge in [-0.3, -0.25) is 4.90 Å². The molecule has 2 heterocycles. The van der Waals surface area contributed by atoms with E-state index in [1.807, 2.05) is 6.33 Å². The molecular formula is C16H26N4. The Hall–Kier alpha value is -0.870. The molecule has 3 fully saturated rings. The smallest absolute Gasteiger partial charge is 0.0951 e. The molecule has 20 heavy (non-hydrogen) atoms. The molecule has 4 rings (SSSR count). The lowest BCUT2D eigenvalue weighted by Gasteiger charge is -2.30. The summed E-state index contributed by atoms with van der Waals surface area (Å²) in [5, 5.41) is 3.70. The maximum Gasteiger partial charge on any atom is 0.0951 e. The molecule has 1 aromatic rings. The minimum Gasteiger partial charge on any atom is -0.330 e. The molecule has 3 aliphatic rings. The predicted octanol–water partition coefficient (Wildman–Crippen LogP) is 2.32. The Morgan fingerprint density at radius 3 is 2.80 bits per heavy atom. The summed E-state index contributed by atoms with van der Waals surface area (Å²) in [5.74, 6) is 0. The number of nitrogens with zero attached hydrogens (tertiary/aromatic N) is 3. The first kappa shape index (κ1) is 12.8. The van der Waals surface area contributed by atoms with Crippen LogP contribution in [0.25, 0.3) is 0 Å². The highest BCUT2D eigenvalue weighted by molar-refractivity contribution is 5.05. The van der Waals surface area contributed by atoms with Crippen molar-refractivity contribution in [2.75, 3.05) is 13.1 Å². The molecular weight excluding hydrogens is 248 g/mol. The molecule has 0 aromatic carbocycles. The third kappa shape index (κ3) is 2.91. The number of aromatic nitrogens is 2. The molecule has 1 aromatic heterocycles. The molecule has 1 saturated heterocycles. The maximum atomic E-state index is 4.38. The Labute approximate surface area is 121 Å². The van der Waals surface area contributed by atoms with Gasteiger partial charge in [0, 0.05) is 37.4 Å². The highest BCUT2D eigenvalue weighted by atomic mass is 15.2. The Morgan fingerprint density at radius 2 is 2.10 bits per heavy atom. The lowest BCUT2D eigenvalue weighted by atomic mass is 10.0. The SMILES string of the molecule is c1ncn(C2CC2)c1CN(CC1CCCCN1)C1CC1. The Balaban J connectivity index is 1.41. The summed E-state index contributed by atoms with van der Waals surface area (Å²) in [6.07, 6.45) is 13.7. The van der Waals surface area contributed by atoms with Crippen LogP contribution in [-0.4, -0.2) is 39.6 Å². The predicted molar refractivity (Wildman–Crippen MR) is 79.6 cm³/mol. The van der Waals surface area contributed by atoms with Crippen molar-refractivity contribution in [3.8, 4) is 0 Å². The fraction of sp³-hybridized carbons (Fsp3) is 0.812. The van der Waals surface area contributed by atoms with Gasteiger partial charge in [0.15, 0.2) is 0 Å². The Morgan fingerprint density at radius 1 is 1.20 bits per heavy atom. The summed E-state index contributed by atoms with van der Waals surface area (Å²) in [4.78, 5) is 7.09. The lowest BCUT2D eigenvalue weighted by Crippen LogP contribution is -2.44. The summed E-state index contributed by atoms with van der Waals surface area (Å²) in [6, 6.07) is 2.30. The van der Waals surface area contributed by atoms with Gasteiger partial charge in [-0.15, -0.1) is 0 Å². The van der Waals surface area contributed by atoms with E-state index < -0.39 is 0 Å². The molecule has 1 atom stereocenters. The molecule has 1 unspecified atom stereocenters. The van der Waals surface area contributed by atoms with E-state index in [-0.39, 0.29) is 0 Å². The highest BCUT2D eigenvalue weighted by Gasteiger charge is 2.32. The highest BCUT2D eigenvalue weighted by Crippen LogP contribution is 2.36. The molecule has 1 aliphatic heterocycles. The fourth-order valence-electron chi connectivity index (χ4n) is 3.49. The molecule has 0 spiro atoms. The van der Waals surface area contributed by atoms with Gasteiger partial charge in [-0.1, -0.05) is 6.42 Å². The van der Waals surface area contributed by atoms with Crippen molar-refractivity contribution in [3.63, 3.8) is 0 Å². The average Bonchev–Trinajstić information content (AvgIpc) is 3.39. The van der Waals surface area contributed by atoms with E-state index in [4.69, 9.17) is 0 Å². The summed E-state index contributed by atoms with van der Waals surface area (Å²) >= 11 is 0. The second kappa shape index (κ2) is 5.49. The van der Waals surface area contributed by atoms with Crippen LogP contribution in [0, 0.1) is 0 Å². The number of hydrogen-bond donors (Lipinski definition) is 1. The van der Waals surface area contributed by atoms with Crippen molar-refractivity contribution in [2.45, 2.75) is 69.6 Å². The fourth-order valence-corrected chi connectivity index (χ4v) is 3.49. The number of rotatable bonds is 6. The van der Waals surface area contributed by atoms with Gasteiger partial charge in [0.25, 0.3) is 0 Å². The van der Waals surface area contributed by atoms with Crippen LogP contribution < -0.4 is 5.32 Å². The van der Waals surface area contributed by atoms with Gasteiger partial charge in [0.05, 0.1) is 12.0 Å². The van der Waals surface area contributed by atoms with E-state index in [9.17, 15) is 0 Å². The van der Waals surface area contributed by atoms with E-state index in [2.05, 4.69) is 26.0 Å². The normalized spacial score (nSPS) is 27.1. The van der Waals surface area contributed by atoms with Crippen molar-refractivity contribution in [1.82, 2.24) is 19.8 Å². The van der Waals surface area contributed by atoms with Crippen LogP contribution in [0.4, 0.5) is 0 Å². The molecule has 4 nitrogen and oxygen atoms in total. The topological polar surface area (TPSA) is 33.1 Å². The summed E-state index contributed by atoms with van der Waals surface area (Å²) in [7, 11) is 0. The molecule has 0 radical (unpaired) electrons. The van der Waals surface area contributed by atoms with E-state index in [0.29, 0.717) is 6.04 Å². The molecule has 2 saturated carbocycles. The van der Waals surface area contributed by atoms with Crippen molar-refractivity contribution in [2.24, 2.45) is 0 Å². The van der Waals surface area contributed by atoms with Gasteiger partial charge in [0.1, 0.15) is 0 Å². The number of hydrogen-bond acceptors (Lipinski definition) is 3. The first-order valence-electron chi connectivity index (χ1n) is 8.38. The monoisotopic (exact) mass is 274 g/mol. The van der Waals surface area contributed by atoms with Crippen LogP contribution in [-0.2, 0) is 6.54 Å². The largest absolute Gasteiger partial charge is 0.330 e. The van der Waals surface area contributed by atoms with Crippen LogP contribution in [0.15, 0.2) is 12.5 Å². The maximum absolute atomic E-state index is 4.38. The number of nitrogens with one attached hydrogen (secondary N) is 1. The molecule has 2 aliphatic carbocycles. The Kier molecular flexibility index (Phi) is 3.52. The number of piperidine rings is 1. The number of imidazole rings is 1. The van der Waals surface area contributed by atoms with Crippen molar-refractivity contribution >= 4 is 0 Å². The van der Waals surface area contributed by atoms with E-state index >= 15 is 0 Å². The molecule has 110 valence electrons. The van der Waals surface area contributed by atoms with Gasteiger partial charge in [-0.05, 0) is 45.1 Å². The van der Waals surface area contributed by atoms with Crippen LogP contribution in [0.3, 0.4) is 0 Å². The second-order valence-electron chi connectivity index (χ2n) is 6.83. The van der Waals surface area contributed by atoms with Gasteiger partial charge >= 0.3 is 0 Å². The minimum absolute atomic E-state index is 0.710. The molecule has 4 heteroatoms. The summed E-state index contributed by atoms with van der Waals surface area (Å²) in [6.45, 7) is 3.53. The molecule has 1 N–H and O–H groups in total. The minimum atomic E-state index is 0.710. The van der Waals surface area contributed by atoms with E-state index in [1.54, 1.807) is 0 Å². The van der Waals surface area contributed by atoms with Crippen LogP contribution >= 0.6 is 0 Å².